The van der Waals surface area contributed by atoms with E-state index in [1.165, 1.54) is 327 Å². The molecular formula is C72H140O6. The molecule has 0 aromatic heterocycles. The molecule has 0 radical (unpaired) electrons. The van der Waals surface area contributed by atoms with E-state index in [9.17, 15) is 14.4 Å². The van der Waals surface area contributed by atoms with Crippen LogP contribution in [0.4, 0.5) is 0 Å². The van der Waals surface area contributed by atoms with Gasteiger partial charge in [-0.05, 0) is 19.3 Å². The van der Waals surface area contributed by atoms with E-state index in [1.54, 1.807) is 0 Å². The summed E-state index contributed by atoms with van der Waals surface area (Å²) >= 11 is 0. The second-order valence-electron chi connectivity index (χ2n) is 24.9. The Balaban J connectivity index is 4.19. The monoisotopic (exact) mass is 1100 g/mol. The van der Waals surface area contributed by atoms with Crippen molar-refractivity contribution in [1.82, 2.24) is 0 Å². The third-order valence-electron chi connectivity index (χ3n) is 16.9. The fourth-order valence-electron chi connectivity index (χ4n) is 11.5. The van der Waals surface area contributed by atoms with Gasteiger partial charge < -0.3 is 14.2 Å². The first kappa shape index (κ1) is 76.4. The number of ether oxygens (including phenoxy) is 3. The summed E-state index contributed by atoms with van der Waals surface area (Å²) < 4.78 is 17.0. The van der Waals surface area contributed by atoms with Crippen molar-refractivity contribution >= 4 is 17.9 Å². The number of carbonyl (C=O) groups excluding carboxylic acids is 3. The molecule has 464 valence electrons. The maximum Gasteiger partial charge on any atom is 0.306 e. The molecule has 0 aliphatic heterocycles. The van der Waals surface area contributed by atoms with Crippen LogP contribution in [-0.4, -0.2) is 37.2 Å². The van der Waals surface area contributed by atoms with Crippen LogP contribution in [0.25, 0.3) is 0 Å². The summed E-state index contributed by atoms with van der Waals surface area (Å²) in [5, 5.41) is 0. The molecule has 0 amide bonds. The maximum atomic E-state index is 13.0. The van der Waals surface area contributed by atoms with Crippen LogP contribution < -0.4 is 0 Å². The number of hydrogen-bond donors (Lipinski definition) is 0. The van der Waals surface area contributed by atoms with Crippen molar-refractivity contribution < 1.29 is 28.6 Å². The normalized spacial score (nSPS) is 11.9. The van der Waals surface area contributed by atoms with Gasteiger partial charge in [0.15, 0.2) is 6.10 Å². The lowest BCUT2D eigenvalue weighted by Gasteiger charge is -2.18. The van der Waals surface area contributed by atoms with Crippen molar-refractivity contribution in [3.63, 3.8) is 0 Å². The van der Waals surface area contributed by atoms with Crippen molar-refractivity contribution in [2.24, 2.45) is 0 Å². The fourth-order valence-corrected chi connectivity index (χ4v) is 11.5. The van der Waals surface area contributed by atoms with Crippen LogP contribution in [0.3, 0.4) is 0 Å². The van der Waals surface area contributed by atoms with Crippen LogP contribution in [0.5, 0.6) is 0 Å². The van der Waals surface area contributed by atoms with Gasteiger partial charge in [0.1, 0.15) is 13.2 Å². The Labute approximate surface area is 488 Å². The fraction of sp³-hybridized carbons (Fsp3) is 0.958. The molecule has 78 heavy (non-hydrogen) atoms. The van der Waals surface area contributed by atoms with Crippen LogP contribution in [0.2, 0.25) is 0 Å². The molecule has 0 fully saturated rings. The highest BCUT2D eigenvalue weighted by atomic mass is 16.6. The number of carbonyl (C=O) groups is 3. The van der Waals surface area contributed by atoms with Gasteiger partial charge in [0, 0.05) is 19.3 Å². The van der Waals surface area contributed by atoms with Crippen LogP contribution in [0, 0.1) is 0 Å². The average Bonchev–Trinajstić information content (AvgIpc) is 3.44. The van der Waals surface area contributed by atoms with E-state index in [0.717, 1.165) is 57.8 Å². The maximum absolute atomic E-state index is 13.0. The molecule has 6 heteroatoms. The molecular weight excluding hydrogens is 961 g/mol. The molecule has 0 rings (SSSR count). The van der Waals surface area contributed by atoms with Gasteiger partial charge >= 0.3 is 17.9 Å². The largest absolute Gasteiger partial charge is 0.462 e. The number of esters is 3. The minimum Gasteiger partial charge on any atom is -0.462 e. The molecule has 0 heterocycles. The van der Waals surface area contributed by atoms with Crippen molar-refractivity contribution in [1.29, 1.82) is 0 Å². The lowest BCUT2D eigenvalue weighted by atomic mass is 10.0. The highest BCUT2D eigenvalue weighted by Gasteiger charge is 2.20. The van der Waals surface area contributed by atoms with Gasteiger partial charge in [-0.25, -0.2) is 0 Å². The molecule has 1 atom stereocenters. The van der Waals surface area contributed by atoms with E-state index in [1.807, 2.05) is 0 Å². The zero-order valence-corrected chi connectivity index (χ0v) is 53.5. The summed E-state index contributed by atoms with van der Waals surface area (Å²) in [4.78, 5) is 38.4. The molecule has 6 nitrogen and oxygen atoms in total. The molecule has 1 unspecified atom stereocenters. The van der Waals surface area contributed by atoms with Gasteiger partial charge in [0.25, 0.3) is 0 Å². The van der Waals surface area contributed by atoms with Gasteiger partial charge in [-0.3, -0.25) is 14.4 Å². The minimum absolute atomic E-state index is 0.0601. The Morgan fingerprint density at radius 1 is 0.205 bits per heavy atom. The standard InChI is InChI=1S/C72H140O6/c1-4-7-10-13-16-19-22-25-27-29-31-33-35-37-38-40-42-44-47-50-53-56-59-62-65-71(74)77-68-69(67-76-70(73)64-61-58-55-52-49-46-24-21-18-15-12-9-6-3)78-72(75)66-63-60-57-54-51-48-45-43-41-39-36-34-32-30-28-26-23-20-17-14-11-8-5-2/h69H,4-68H2,1-3H3. The van der Waals surface area contributed by atoms with Gasteiger partial charge in [-0.15, -0.1) is 0 Å². The van der Waals surface area contributed by atoms with Crippen LogP contribution in [0.15, 0.2) is 0 Å². The van der Waals surface area contributed by atoms with E-state index in [-0.39, 0.29) is 31.1 Å². The summed E-state index contributed by atoms with van der Waals surface area (Å²) in [5.41, 5.74) is 0. The first-order valence-electron chi connectivity index (χ1n) is 36.0. The second-order valence-corrected chi connectivity index (χ2v) is 24.9. The third kappa shape index (κ3) is 65.2. The molecule has 0 bridgehead atoms. The first-order valence-corrected chi connectivity index (χ1v) is 36.0. The zero-order chi connectivity index (χ0) is 56.4. The molecule has 0 saturated heterocycles. The Kier molecular flexibility index (Phi) is 66.5. The van der Waals surface area contributed by atoms with E-state index in [4.69, 9.17) is 14.2 Å². The Morgan fingerprint density at radius 2 is 0.346 bits per heavy atom. The molecule has 0 aromatic rings. The van der Waals surface area contributed by atoms with Crippen molar-refractivity contribution in [2.45, 2.75) is 431 Å². The average molecular weight is 1100 g/mol. The number of unbranched alkanes of at least 4 members (excludes halogenated alkanes) is 57. The van der Waals surface area contributed by atoms with E-state index < -0.39 is 6.10 Å². The van der Waals surface area contributed by atoms with Gasteiger partial charge in [0.2, 0.25) is 0 Å². The molecule has 0 aliphatic carbocycles. The summed E-state index contributed by atoms with van der Waals surface area (Å²) in [6, 6.07) is 0. The Morgan fingerprint density at radius 3 is 0.513 bits per heavy atom. The topological polar surface area (TPSA) is 78.9 Å². The predicted molar refractivity (Wildman–Crippen MR) is 340 cm³/mol. The van der Waals surface area contributed by atoms with Crippen LogP contribution in [-0.2, 0) is 28.6 Å². The summed E-state index contributed by atoms with van der Waals surface area (Å²) in [7, 11) is 0. The predicted octanol–water partition coefficient (Wildman–Crippen LogP) is 24.6. The smallest absolute Gasteiger partial charge is 0.306 e. The molecule has 0 aliphatic rings. The van der Waals surface area contributed by atoms with Crippen LogP contribution in [0.1, 0.15) is 425 Å². The lowest BCUT2D eigenvalue weighted by molar-refractivity contribution is -0.167. The second kappa shape index (κ2) is 67.9. The van der Waals surface area contributed by atoms with Crippen molar-refractivity contribution in [2.75, 3.05) is 13.2 Å². The summed E-state index contributed by atoms with van der Waals surface area (Å²) in [6.45, 7) is 6.74. The van der Waals surface area contributed by atoms with Crippen LogP contribution >= 0.6 is 0 Å². The van der Waals surface area contributed by atoms with E-state index in [0.29, 0.717) is 19.3 Å². The first-order chi connectivity index (χ1) is 38.5. The third-order valence-corrected chi connectivity index (χ3v) is 16.9. The van der Waals surface area contributed by atoms with E-state index >= 15 is 0 Å². The number of hydrogen-bond acceptors (Lipinski definition) is 6. The van der Waals surface area contributed by atoms with Crippen molar-refractivity contribution in [3.8, 4) is 0 Å². The SMILES string of the molecule is CCCCCCCCCCCCCCCCCCCCCCCCCCC(=O)OCC(COC(=O)CCCCCCCCCCCCCCC)OC(=O)CCCCCCCCCCCCCCCCCCCCCCCCC. The highest BCUT2D eigenvalue weighted by Crippen LogP contribution is 2.20. The highest BCUT2D eigenvalue weighted by molar-refractivity contribution is 5.71. The number of rotatable bonds is 68. The molecule has 0 aromatic carbocycles. The van der Waals surface area contributed by atoms with Gasteiger partial charge in [0.05, 0.1) is 0 Å². The van der Waals surface area contributed by atoms with Crippen molar-refractivity contribution in [3.05, 3.63) is 0 Å². The Bertz CT molecular complexity index is 1170. The lowest BCUT2D eigenvalue weighted by Crippen LogP contribution is -2.30. The van der Waals surface area contributed by atoms with E-state index in [2.05, 4.69) is 20.8 Å². The Hall–Kier alpha value is -1.59. The molecule has 0 saturated carbocycles. The molecule has 0 N–H and O–H groups in total. The quantitative estimate of drug-likeness (QED) is 0.0343. The minimum atomic E-state index is -0.763. The molecule has 0 spiro atoms. The van der Waals surface area contributed by atoms with Gasteiger partial charge in [-0.2, -0.15) is 0 Å². The summed E-state index contributed by atoms with van der Waals surface area (Å²) in [5.74, 6) is -0.819. The zero-order valence-electron chi connectivity index (χ0n) is 53.5. The summed E-state index contributed by atoms with van der Waals surface area (Å²) in [6.07, 6.45) is 80.0. The van der Waals surface area contributed by atoms with Gasteiger partial charge in [-0.1, -0.05) is 387 Å².